The van der Waals surface area contributed by atoms with Gasteiger partial charge in [-0.3, -0.25) is 5.43 Å². The fourth-order valence-corrected chi connectivity index (χ4v) is 2.85. The van der Waals surface area contributed by atoms with Crippen LogP contribution in [0.5, 0.6) is 11.5 Å². The summed E-state index contributed by atoms with van der Waals surface area (Å²) in [5, 5.41) is 8.16. The molecule has 1 aromatic carbocycles. The number of nitrogens with zero attached hydrogens (tertiary/aromatic N) is 1. The monoisotopic (exact) mass is 319 g/mol. The van der Waals surface area contributed by atoms with Crippen LogP contribution in [0.3, 0.4) is 0 Å². The van der Waals surface area contributed by atoms with Crippen molar-refractivity contribution in [3.05, 3.63) is 23.8 Å². The Bertz CT molecular complexity index is 589. The second kappa shape index (κ2) is 6.96. The molecule has 1 saturated carbocycles. The van der Waals surface area contributed by atoms with Gasteiger partial charge in [-0.25, -0.2) is 0 Å². The molecule has 0 aromatic heterocycles. The van der Waals surface area contributed by atoms with Gasteiger partial charge in [0.1, 0.15) is 0 Å². The maximum atomic E-state index is 5.36. The van der Waals surface area contributed by atoms with Crippen molar-refractivity contribution < 1.29 is 9.47 Å². The number of ether oxygens (including phenoxy) is 2. The molecule has 1 atom stereocenters. The van der Waals surface area contributed by atoms with Gasteiger partial charge in [-0.2, -0.15) is 5.10 Å². The average molecular weight is 319 g/mol. The lowest BCUT2D eigenvalue weighted by atomic mass is 9.89. The Morgan fingerprint density at radius 1 is 1.32 bits per heavy atom. The SMILES string of the molecule is C[C@H]1CCCCC1=NNC(=S)NCc1ccc2c(c1)OCO2. The van der Waals surface area contributed by atoms with E-state index in [1.54, 1.807) is 0 Å². The maximum absolute atomic E-state index is 5.36. The molecule has 0 spiro atoms. The number of rotatable bonds is 3. The van der Waals surface area contributed by atoms with Crippen molar-refractivity contribution in [2.24, 2.45) is 11.0 Å². The van der Waals surface area contributed by atoms with Crippen LogP contribution < -0.4 is 20.2 Å². The topological polar surface area (TPSA) is 54.9 Å². The van der Waals surface area contributed by atoms with Gasteiger partial charge in [-0.05, 0) is 55.1 Å². The molecule has 2 N–H and O–H groups in total. The van der Waals surface area contributed by atoms with Crippen molar-refractivity contribution in [2.45, 2.75) is 39.2 Å². The Kier molecular flexibility index (Phi) is 4.77. The number of fused-ring (bicyclic) bond motifs is 1. The lowest BCUT2D eigenvalue weighted by Gasteiger charge is -2.20. The fourth-order valence-electron chi connectivity index (χ4n) is 2.73. The summed E-state index contributed by atoms with van der Waals surface area (Å²) >= 11 is 5.27. The number of thiocarbonyl (C=S) groups is 1. The van der Waals surface area contributed by atoms with Gasteiger partial charge in [0.25, 0.3) is 0 Å². The minimum absolute atomic E-state index is 0.294. The molecule has 5 nitrogen and oxygen atoms in total. The largest absolute Gasteiger partial charge is 0.454 e. The first kappa shape index (κ1) is 15.1. The van der Waals surface area contributed by atoms with Crippen LogP contribution in [-0.2, 0) is 6.54 Å². The molecular formula is C16H21N3O2S. The Morgan fingerprint density at radius 3 is 3.05 bits per heavy atom. The number of hydrogen-bond acceptors (Lipinski definition) is 4. The third kappa shape index (κ3) is 3.68. The van der Waals surface area contributed by atoms with Gasteiger partial charge in [0, 0.05) is 12.3 Å². The van der Waals surface area contributed by atoms with Crippen molar-refractivity contribution in [2.75, 3.05) is 6.79 Å². The molecule has 1 heterocycles. The van der Waals surface area contributed by atoms with Gasteiger partial charge in [0.05, 0.1) is 0 Å². The zero-order chi connectivity index (χ0) is 15.4. The summed E-state index contributed by atoms with van der Waals surface area (Å²) in [6.07, 6.45) is 4.81. The van der Waals surface area contributed by atoms with Crippen molar-refractivity contribution in [1.82, 2.24) is 10.7 Å². The highest BCUT2D eigenvalue weighted by molar-refractivity contribution is 7.80. The zero-order valence-corrected chi connectivity index (χ0v) is 13.5. The fraction of sp³-hybridized carbons (Fsp3) is 0.500. The second-order valence-electron chi connectivity index (χ2n) is 5.73. The molecule has 118 valence electrons. The molecule has 6 heteroatoms. The number of hydrogen-bond donors (Lipinski definition) is 2. The first-order valence-electron chi connectivity index (χ1n) is 7.71. The molecule has 0 bridgehead atoms. The van der Waals surface area contributed by atoms with E-state index >= 15 is 0 Å². The molecule has 2 aliphatic rings. The van der Waals surface area contributed by atoms with E-state index in [0.29, 0.717) is 24.4 Å². The van der Waals surface area contributed by atoms with Crippen LogP contribution in [0, 0.1) is 5.92 Å². The Morgan fingerprint density at radius 2 is 2.18 bits per heavy atom. The molecule has 1 fully saturated rings. The molecule has 1 aromatic rings. The van der Waals surface area contributed by atoms with Crippen molar-refractivity contribution in [3.63, 3.8) is 0 Å². The predicted molar refractivity (Wildman–Crippen MR) is 90.2 cm³/mol. The number of hydrazone groups is 1. The first-order valence-corrected chi connectivity index (χ1v) is 8.12. The minimum atomic E-state index is 0.294. The van der Waals surface area contributed by atoms with Gasteiger partial charge in [0.2, 0.25) is 6.79 Å². The molecule has 0 radical (unpaired) electrons. The van der Waals surface area contributed by atoms with Gasteiger partial charge < -0.3 is 14.8 Å². The van der Waals surface area contributed by atoms with Crippen molar-refractivity contribution in [1.29, 1.82) is 0 Å². The van der Waals surface area contributed by atoms with Crippen molar-refractivity contribution in [3.8, 4) is 11.5 Å². The average Bonchev–Trinajstić information content (AvgIpc) is 2.99. The van der Waals surface area contributed by atoms with Gasteiger partial charge in [0.15, 0.2) is 16.6 Å². The molecule has 0 saturated heterocycles. The van der Waals surface area contributed by atoms with E-state index in [1.165, 1.54) is 25.0 Å². The Balaban J connectivity index is 1.49. The second-order valence-corrected chi connectivity index (χ2v) is 6.14. The van der Waals surface area contributed by atoms with E-state index < -0.39 is 0 Å². The highest BCUT2D eigenvalue weighted by Crippen LogP contribution is 2.32. The lowest BCUT2D eigenvalue weighted by molar-refractivity contribution is 0.174. The molecule has 3 rings (SSSR count). The first-order chi connectivity index (χ1) is 10.7. The summed E-state index contributed by atoms with van der Waals surface area (Å²) < 4.78 is 10.7. The smallest absolute Gasteiger partial charge is 0.231 e. The zero-order valence-electron chi connectivity index (χ0n) is 12.7. The van der Waals surface area contributed by atoms with E-state index in [1.807, 2.05) is 18.2 Å². The number of nitrogens with one attached hydrogen (secondary N) is 2. The normalized spacial score (nSPS) is 21.7. The molecule has 1 aliphatic heterocycles. The molecule has 1 aliphatic carbocycles. The standard InChI is InChI=1S/C16H21N3O2S/c1-11-4-2-3-5-13(11)18-19-16(22)17-9-12-6-7-14-15(8-12)21-10-20-14/h6-8,11H,2-5,9-10H2,1H3,(H2,17,19,22)/t11-/m0/s1. The van der Waals surface area contributed by atoms with E-state index in [-0.39, 0.29) is 0 Å². The summed E-state index contributed by atoms with van der Waals surface area (Å²) in [5.74, 6) is 2.13. The van der Waals surface area contributed by atoms with Crippen LogP contribution in [0.15, 0.2) is 23.3 Å². The van der Waals surface area contributed by atoms with E-state index in [9.17, 15) is 0 Å². The third-order valence-corrected chi connectivity index (χ3v) is 4.32. The van der Waals surface area contributed by atoms with Crippen LogP contribution in [0.1, 0.15) is 38.2 Å². The predicted octanol–water partition coefficient (Wildman–Crippen LogP) is 2.95. The molecular weight excluding hydrogens is 298 g/mol. The van der Waals surface area contributed by atoms with Crippen LogP contribution in [0.2, 0.25) is 0 Å². The summed E-state index contributed by atoms with van der Waals surface area (Å²) in [7, 11) is 0. The van der Waals surface area contributed by atoms with Crippen LogP contribution in [0.25, 0.3) is 0 Å². The van der Waals surface area contributed by atoms with Gasteiger partial charge in [-0.15, -0.1) is 0 Å². The lowest BCUT2D eigenvalue weighted by Crippen LogP contribution is -2.33. The summed E-state index contributed by atoms with van der Waals surface area (Å²) in [6, 6.07) is 5.88. The molecule has 0 amide bonds. The Hall–Kier alpha value is -1.82. The van der Waals surface area contributed by atoms with E-state index in [2.05, 4.69) is 22.8 Å². The molecule has 0 unspecified atom stereocenters. The highest BCUT2D eigenvalue weighted by atomic mass is 32.1. The van der Waals surface area contributed by atoms with Gasteiger partial charge in [-0.1, -0.05) is 19.4 Å². The van der Waals surface area contributed by atoms with Crippen LogP contribution >= 0.6 is 12.2 Å². The summed E-state index contributed by atoms with van der Waals surface area (Å²) in [4.78, 5) is 0. The molecule has 22 heavy (non-hydrogen) atoms. The minimum Gasteiger partial charge on any atom is -0.454 e. The van der Waals surface area contributed by atoms with E-state index in [0.717, 1.165) is 23.5 Å². The quantitative estimate of drug-likeness (QED) is 0.663. The summed E-state index contributed by atoms with van der Waals surface area (Å²) in [5.41, 5.74) is 5.27. The Labute approximate surface area is 136 Å². The van der Waals surface area contributed by atoms with Crippen LogP contribution in [0.4, 0.5) is 0 Å². The third-order valence-electron chi connectivity index (χ3n) is 4.08. The van der Waals surface area contributed by atoms with E-state index in [4.69, 9.17) is 21.7 Å². The van der Waals surface area contributed by atoms with Crippen LogP contribution in [-0.4, -0.2) is 17.6 Å². The highest BCUT2D eigenvalue weighted by Gasteiger charge is 2.16. The van der Waals surface area contributed by atoms with Crippen molar-refractivity contribution >= 4 is 23.0 Å². The number of benzene rings is 1. The summed E-state index contributed by atoms with van der Waals surface area (Å²) in [6.45, 7) is 3.15. The van der Waals surface area contributed by atoms with Gasteiger partial charge >= 0.3 is 0 Å². The maximum Gasteiger partial charge on any atom is 0.231 e.